The van der Waals surface area contributed by atoms with E-state index in [1.165, 1.54) is 0 Å². The maximum Gasteiger partial charge on any atom is 0.225 e. The van der Waals surface area contributed by atoms with Crippen LogP contribution >= 0.6 is 0 Å². The van der Waals surface area contributed by atoms with Crippen LogP contribution in [0.15, 0.2) is 46.3 Å². The normalized spacial score (nSPS) is 15.7. The topological polar surface area (TPSA) is 81.8 Å². The molecule has 2 aromatic heterocycles. The van der Waals surface area contributed by atoms with Crippen LogP contribution in [-0.2, 0) is 6.54 Å². The van der Waals surface area contributed by atoms with Gasteiger partial charge in [0.25, 0.3) is 0 Å². The average molecular weight is 371 g/mol. The summed E-state index contributed by atoms with van der Waals surface area (Å²) in [6.45, 7) is 9.48. The zero-order chi connectivity index (χ0) is 18.7. The van der Waals surface area contributed by atoms with Crippen LogP contribution in [0.4, 0.5) is 5.95 Å². The van der Waals surface area contributed by atoms with E-state index in [9.17, 15) is 0 Å². The maximum absolute atomic E-state index is 5.33. The minimum absolute atomic E-state index is 0.547. The maximum atomic E-state index is 5.33. The number of aromatic nitrogens is 2. The van der Waals surface area contributed by atoms with E-state index in [0.717, 1.165) is 69.9 Å². The molecule has 8 nitrogen and oxygen atoms in total. The molecule has 1 fully saturated rings. The third-order valence-electron chi connectivity index (χ3n) is 4.47. The summed E-state index contributed by atoms with van der Waals surface area (Å²) < 4.78 is 5.33. The van der Waals surface area contributed by atoms with Gasteiger partial charge in [-0.25, -0.2) is 15.0 Å². The first-order valence-corrected chi connectivity index (χ1v) is 9.64. The van der Waals surface area contributed by atoms with E-state index in [2.05, 4.69) is 42.3 Å². The number of guanidine groups is 1. The molecule has 1 saturated heterocycles. The molecule has 0 atom stereocenters. The summed E-state index contributed by atoms with van der Waals surface area (Å²) in [5.41, 5.74) is 0. The third-order valence-corrected chi connectivity index (χ3v) is 4.47. The number of piperazine rings is 1. The van der Waals surface area contributed by atoms with E-state index >= 15 is 0 Å². The second-order valence-electron chi connectivity index (χ2n) is 6.43. The number of aliphatic imine (C=N–C) groups is 1. The lowest BCUT2D eigenvalue weighted by atomic mass is 10.3. The summed E-state index contributed by atoms with van der Waals surface area (Å²) in [7, 11) is 0. The molecule has 0 spiro atoms. The molecule has 1 aliphatic heterocycles. The molecule has 27 heavy (non-hydrogen) atoms. The summed E-state index contributed by atoms with van der Waals surface area (Å²) in [4.78, 5) is 18.0. The summed E-state index contributed by atoms with van der Waals surface area (Å²) in [5.74, 6) is 2.54. The summed E-state index contributed by atoms with van der Waals surface area (Å²) in [6, 6.07) is 5.67. The molecule has 3 heterocycles. The number of hydrogen-bond acceptors (Lipinski definition) is 6. The molecule has 0 bridgehead atoms. The molecule has 2 aromatic rings. The van der Waals surface area contributed by atoms with Gasteiger partial charge in [-0.3, -0.25) is 4.90 Å². The minimum atomic E-state index is 0.547. The summed E-state index contributed by atoms with van der Waals surface area (Å²) >= 11 is 0. The quantitative estimate of drug-likeness (QED) is 0.412. The molecule has 1 aliphatic rings. The Morgan fingerprint density at radius 1 is 1.15 bits per heavy atom. The van der Waals surface area contributed by atoms with Crippen LogP contribution in [0, 0.1) is 0 Å². The first kappa shape index (κ1) is 19.2. The van der Waals surface area contributed by atoms with E-state index in [-0.39, 0.29) is 0 Å². The van der Waals surface area contributed by atoms with E-state index in [1.807, 2.05) is 18.2 Å². The van der Waals surface area contributed by atoms with Crippen molar-refractivity contribution in [2.45, 2.75) is 19.9 Å². The highest BCUT2D eigenvalue weighted by molar-refractivity contribution is 5.79. The highest BCUT2D eigenvalue weighted by Crippen LogP contribution is 2.09. The standard InChI is InChI=1S/C19H29N7O/c1-2-20-18(24-16-17-6-3-15-27-17)21-9-5-10-25-11-13-26(14-12-25)19-22-7-4-8-23-19/h3-4,6-8,15H,2,5,9-14,16H2,1H3,(H2,20,21,24). The Balaban J connectivity index is 1.34. The monoisotopic (exact) mass is 371 g/mol. The van der Waals surface area contributed by atoms with Gasteiger partial charge in [-0.15, -0.1) is 0 Å². The van der Waals surface area contributed by atoms with Crippen molar-refractivity contribution in [2.24, 2.45) is 4.99 Å². The van der Waals surface area contributed by atoms with Crippen molar-refractivity contribution in [2.75, 3.05) is 50.7 Å². The van der Waals surface area contributed by atoms with Crippen molar-refractivity contribution < 1.29 is 4.42 Å². The van der Waals surface area contributed by atoms with Crippen LogP contribution in [0.2, 0.25) is 0 Å². The van der Waals surface area contributed by atoms with Gasteiger partial charge in [0, 0.05) is 51.7 Å². The van der Waals surface area contributed by atoms with Crippen LogP contribution in [0.25, 0.3) is 0 Å². The van der Waals surface area contributed by atoms with Crippen molar-refractivity contribution in [1.29, 1.82) is 0 Å². The fourth-order valence-electron chi connectivity index (χ4n) is 3.04. The molecule has 0 aliphatic carbocycles. The minimum Gasteiger partial charge on any atom is -0.467 e. The Labute approximate surface area is 160 Å². The molecule has 0 amide bonds. The molecule has 0 saturated carbocycles. The second-order valence-corrected chi connectivity index (χ2v) is 6.43. The van der Waals surface area contributed by atoms with E-state index in [0.29, 0.717) is 6.54 Å². The number of furan rings is 1. The molecule has 0 radical (unpaired) electrons. The highest BCUT2D eigenvalue weighted by atomic mass is 16.3. The van der Waals surface area contributed by atoms with Crippen molar-refractivity contribution >= 4 is 11.9 Å². The lowest BCUT2D eigenvalue weighted by Crippen LogP contribution is -2.47. The van der Waals surface area contributed by atoms with E-state index in [1.54, 1.807) is 18.7 Å². The van der Waals surface area contributed by atoms with E-state index in [4.69, 9.17) is 4.42 Å². The van der Waals surface area contributed by atoms with Crippen molar-refractivity contribution in [3.63, 3.8) is 0 Å². The largest absolute Gasteiger partial charge is 0.467 e. The molecule has 3 rings (SSSR count). The van der Waals surface area contributed by atoms with Gasteiger partial charge in [0.2, 0.25) is 5.95 Å². The molecule has 146 valence electrons. The number of rotatable bonds is 8. The Morgan fingerprint density at radius 3 is 2.67 bits per heavy atom. The predicted octanol–water partition coefficient (Wildman–Crippen LogP) is 1.34. The van der Waals surface area contributed by atoms with E-state index < -0.39 is 0 Å². The molecular weight excluding hydrogens is 342 g/mol. The van der Waals surface area contributed by atoms with Gasteiger partial charge < -0.3 is 20.0 Å². The molecular formula is C19H29N7O. The first-order chi connectivity index (χ1) is 13.3. The van der Waals surface area contributed by atoms with Gasteiger partial charge in [0.1, 0.15) is 12.3 Å². The molecule has 2 N–H and O–H groups in total. The number of hydrogen-bond donors (Lipinski definition) is 2. The zero-order valence-electron chi connectivity index (χ0n) is 16.0. The smallest absolute Gasteiger partial charge is 0.225 e. The highest BCUT2D eigenvalue weighted by Gasteiger charge is 2.18. The molecule has 0 unspecified atom stereocenters. The number of anilines is 1. The number of nitrogens with zero attached hydrogens (tertiary/aromatic N) is 5. The van der Waals surface area contributed by atoms with Crippen molar-refractivity contribution in [3.8, 4) is 0 Å². The van der Waals surface area contributed by atoms with Gasteiger partial charge >= 0.3 is 0 Å². The van der Waals surface area contributed by atoms with Gasteiger partial charge in [0.05, 0.1) is 6.26 Å². The third kappa shape index (κ3) is 6.25. The first-order valence-electron chi connectivity index (χ1n) is 9.64. The Bertz CT molecular complexity index is 667. The Morgan fingerprint density at radius 2 is 1.96 bits per heavy atom. The summed E-state index contributed by atoms with van der Waals surface area (Å²) in [5, 5.41) is 6.67. The lowest BCUT2D eigenvalue weighted by molar-refractivity contribution is 0.254. The van der Waals surface area contributed by atoms with Crippen LogP contribution in [0.3, 0.4) is 0 Å². The van der Waals surface area contributed by atoms with Gasteiger partial charge in [-0.1, -0.05) is 0 Å². The lowest BCUT2D eigenvalue weighted by Gasteiger charge is -2.34. The van der Waals surface area contributed by atoms with Crippen molar-refractivity contribution in [1.82, 2.24) is 25.5 Å². The van der Waals surface area contributed by atoms with Gasteiger partial charge in [-0.2, -0.15) is 0 Å². The summed E-state index contributed by atoms with van der Waals surface area (Å²) in [6.07, 6.45) is 6.35. The molecule has 0 aromatic carbocycles. The zero-order valence-corrected chi connectivity index (χ0v) is 16.0. The van der Waals surface area contributed by atoms with Crippen LogP contribution in [0.1, 0.15) is 19.1 Å². The SMILES string of the molecule is CCNC(=NCc1ccco1)NCCCN1CCN(c2ncccn2)CC1. The fourth-order valence-corrected chi connectivity index (χ4v) is 3.04. The number of nitrogens with one attached hydrogen (secondary N) is 2. The fraction of sp³-hybridized carbons (Fsp3) is 0.526. The van der Waals surface area contributed by atoms with Crippen LogP contribution < -0.4 is 15.5 Å². The van der Waals surface area contributed by atoms with Gasteiger partial charge in [-0.05, 0) is 38.1 Å². The van der Waals surface area contributed by atoms with Crippen LogP contribution in [0.5, 0.6) is 0 Å². The van der Waals surface area contributed by atoms with Crippen LogP contribution in [-0.4, -0.2) is 66.6 Å². The Hall–Kier alpha value is -2.61. The average Bonchev–Trinajstić information content (AvgIpc) is 3.24. The van der Waals surface area contributed by atoms with Gasteiger partial charge in [0.15, 0.2) is 5.96 Å². The predicted molar refractivity (Wildman–Crippen MR) is 107 cm³/mol. The van der Waals surface area contributed by atoms with Crippen molar-refractivity contribution in [3.05, 3.63) is 42.6 Å². The molecule has 8 heteroatoms. The second kappa shape index (κ2) is 10.5. The Kier molecular flexibility index (Phi) is 7.46.